The fraction of sp³-hybridized carbons (Fsp3) is 0.333. The van der Waals surface area contributed by atoms with Crippen LogP contribution in [-0.2, 0) is 5.41 Å². The molecule has 1 aliphatic carbocycles. The molecule has 0 aliphatic heterocycles. The molecule has 0 unspecified atom stereocenters. The average Bonchev–Trinajstić information content (AvgIpc) is 3.18. The van der Waals surface area contributed by atoms with E-state index in [0.717, 1.165) is 23.3 Å². The highest BCUT2D eigenvalue weighted by atomic mass is 32.2. The molecule has 18 heavy (non-hydrogen) atoms. The molecule has 0 radical (unpaired) electrons. The van der Waals surface area contributed by atoms with Crippen LogP contribution in [0.3, 0.4) is 0 Å². The SMILES string of the molecule is CSc1ncnc2[nH]c(=O)c(C3(C#N)CC3)cc12. The lowest BCUT2D eigenvalue weighted by molar-refractivity contribution is 0.881. The van der Waals surface area contributed by atoms with Crippen LogP contribution in [0.25, 0.3) is 11.0 Å². The minimum Gasteiger partial charge on any atom is -0.306 e. The Hall–Kier alpha value is -1.87. The van der Waals surface area contributed by atoms with E-state index in [9.17, 15) is 10.1 Å². The fourth-order valence-electron chi connectivity index (χ4n) is 2.08. The molecule has 0 amide bonds. The number of aromatic nitrogens is 3. The molecule has 2 aromatic rings. The molecule has 0 bridgehead atoms. The van der Waals surface area contributed by atoms with Gasteiger partial charge >= 0.3 is 0 Å². The van der Waals surface area contributed by atoms with E-state index in [1.165, 1.54) is 18.1 Å². The molecular formula is C12H10N4OS. The Morgan fingerprint density at radius 3 is 2.89 bits per heavy atom. The summed E-state index contributed by atoms with van der Waals surface area (Å²) < 4.78 is 0. The molecule has 3 rings (SSSR count). The standard InChI is InChI=1S/C12H10N4OS/c1-18-11-7-4-8(12(5-13)2-3-12)10(17)16-9(7)14-6-15-11/h4,6H,2-3H2,1H3,(H,14,15,16,17). The lowest BCUT2D eigenvalue weighted by Crippen LogP contribution is -2.20. The van der Waals surface area contributed by atoms with Gasteiger partial charge in [-0.2, -0.15) is 5.26 Å². The molecule has 90 valence electrons. The normalized spacial score (nSPS) is 16.4. The second kappa shape index (κ2) is 3.82. The number of thioether (sulfide) groups is 1. The van der Waals surface area contributed by atoms with E-state index in [2.05, 4.69) is 21.0 Å². The topological polar surface area (TPSA) is 82.4 Å². The highest BCUT2D eigenvalue weighted by Crippen LogP contribution is 2.46. The summed E-state index contributed by atoms with van der Waals surface area (Å²) in [5, 5.41) is 10.8. The third-order valence-corrected chi connectivity index (χ3v) is 4.00. The van der Waals surface area contributed by atoms with Crippen LogP contribution in [0, 0.1) is 11.3 Å². The van der Waals surface area contributed by atoms with Gasteiger partial charge in [-0.3, -0.25) is 4.79 Å². The van der Waals surface area contributed by atoms with Crippen molar-refractivity contribution in [2.45, 2.75) is 23.3 Å². The van der Waals surface area contributed by atoms with E-state index in [-0.39, 0.29) is 5.56 Å². The number of H-pyrrole nitrogens is 1. The van der Waals surface area contributed by atoms with Crippen molar-refractivity contribution in [3.8, 4) is 6.07 Å². The molecule has 2 aromatic heterocycles. The molecule has 1 fully saturated rings. The van der Waals surface area contributed by atoms with Gasteiger partial charge in [0, 0.05) is 5.56 Å². The predicted octanol–water partition coefficient (Wildman–Crippen LogP) is 1.60. The molecule has 2 heterocycles. The van der Waals surface area contributed by atoms with Crippen LogP contribution in [0.15, 0.2) is 22.2 Å². The number of nitriles is 1. The largest absolute Gasteiger partial charge is 0.306 e. The van der Waals surface area contributed by atoms with Gasteiger partial charge in [0.2, 0.25) is 0 Å². The number of pyridine rings is 1. The highest BCUT2D eigenvalue weighted by Gasteiger charge is 2.47. The van der Waals surface area contributed by atoms with E-state index in [1.807, 2.05) is 6.26 Å². The second-order valence-electron chi connectivity index (χ2n) is 4.35. The van der Waals surface area contributed by atoms with Gasteiger partial charge in [0.1, 0.15) is 17.0 Å². The summed E-state index contributed by atoms with van der Waals surface area (Å²) in [7, 11) is 0. The molecule has 0 atom stereocenters. The van der Waals surface area contributed by atoms with Gasteiger partial charge in [0.05, 0.1) is 16.9 Å². The Labute approximate surface area is 107 Å². The van der Waals surface area contributed by atoms with Crippen LogP contribution in [0.2, 0.25) is 0 Å². The van der Waals surface area contributed by atoms with E-state index in [1.54, 1.807) is 6.07 Å². The van der Waals surface area contributed by atoms with Gasteiger partial charge in [-0.05, 0) is 25.2 Å². The zero-order chi connectivity index (χ0) is 12.8. The van der Waals surface area contributed by atoms with Crippen molar-refractivity contribution in [2.24, 2.45) is 0 Å². The predicted molar refractivity (Wildman–Crippen MR) is 68.5 cm³/mol. The first-order valence-electron chi connectivity index (χ1n) is 5.54. The van der Waals surface area contributed by atoms with Crippen molar-refractivity contribution in [3.05, 3.63) is 28.3 Å². The number of aromatic amines is 1. The van der Waals surface area contributed by atoms with Crippen molar-refractivity contribution in [1.82, 2.24) is 15.0 Å². The van der Waals surface area contributed by atoms with E-state index in [0.29, 0.717) is 11.2 Å². The van der Waals surface area contributed by atoms with Gasteiger partial charge in [-0.1, -0.05) is 0 Å². The van der Waals surface area contributed by atoms with Crippen LogP contribution in [0.4, 0.5) is 0 Å². The van der Waals surface area contributed by atoms with Crippen molar-refractivity contribution >= 4 is 22.8 Å². The lowest BCUT2D eigenvalue weighted by Gasteiger charge is -2.07. The van der Waals surface area contributed by atoms with Crippen LogP contribution < -0.4 is 5.56 Å². The van der Waals surface area contributed by atoms with Crippen molar-refractivity contribution in [1.29, 1.82) is 5.26 Å². The maximum atomic E-state index is 12.0. The van der Waals surface area contributed by atoms with Gasteiger partial charge in [-0.25, -0.2) is 9.97 Å². The third kappa shape index (κ3) is 1.51. The summed E-state index contributed by atoms with van der Waals surface area (Å²) >= 11 is 1.50. The Bertz CT molecular complexity index is 727. The molecule has 1 saturated carbocycles. The number of rotatable bonds is 2. The molecule has 0 saturated heterocycles. The highest BCUT2D eigenvalue weighted by molar-refractivity contribution is 7.98. The number of nitrogens with one attached hydrogen (secondary N) is 1. The molecule has 1 aliphatic rings. The van der Waals surface area contributed by atoms with E-state index >= 15 is 0 Å². The minimum absolute atomic E-state index is 0.215. The average molecular weight is 258 g/mol. The Kier molecular flexibility index (Phi) is 2.38. The lowest BCUT2D eigenvalue weighted by atomic mass is 9.99. The first kappa shape index (κ1) is 11.2. The molecule has 0 spiro atoms. The maximum Gasteiger partial charge on any atom is 0.254 e. The zero-order valence-electron chi connectivity index (χ0n) is 9.73. The van der Waals surface area contributed by atoms with E-state index in [4.69, 9.17) is 0 Å². The molecule has 1 N–H and O–H groups in total. The molecule has 5 nitrogen and oxygen atoms in total. The van der Waals surface area contributed by atoms with Crippen molar-refractivity contribution in [2.75, 3.05) is 6.26 Å². The molecule has 6 heteroatoms. The minimum atomic E-state index is -0.590. The summed E-state index contributed by atoms with van der Waals surface area (Å²) in [6, 6.07) is 4.02. The summed E-state index contributed by atoms with van der Waals surface area (Å²) in [5.41, 5.74) is 0.263. The first-order chi connectivity index (χ1) is 8.70. The Morgan fingerprint density at radius 2 is 2.28 bits per heavy atom. The smallest absolute Gasteiger partial charge is 0.254 e. The summed E-state index contributed by atoms with van der Waals surface area (Å²) in [6.07, 6.45) is 4.85. The number of fused-ring (bicyclic) bond motifs is 1. The Morgan fingerprint density at radius 1 is 1.50 bits per heavy atom. The van der Waals surface area contributed by atoms with Gasteiger partial charge in [-0.15, -0.1) is 11.8 Å². The summed E-state index contributed by atoms with van der Waals surface area (Å²) in [4.78, 5) is 23.0. The number of hydrogen-bond donors (Lipinski definition) is 1. The second-order valence-corrected chi connectivity index (χ2v) is 5.15. The Balaban J connectivity index is 2.33. The monoisotopic (exact) mass is 258 g/mol. The fourth-order valence-corrected chi connectivity index (χ4v) is 2.61. The first-order valence-corrected chi connectivity index (χ1v) is 6.76. The van der Waals surface area contributed by atoms with E-state index < -0.39 is 5.41 Å². The molecule has 0 aromatic carbocycles. The quantitative estimate of drug-likeness (QED) is 0.653. The third-order valence-electron chi connectivity index (χ3n) is 3.29. The maximum absolute atomic E-state index is 12.0. The number of nitrogens with zero attached hydrogens (tertiary/aromatic N) is 3. The van der Waals surface area contributed by atoms with Crippen molar-refractivity contribution in [3.63, 3.8) is 0 Å². The van der Waals surface area contributed by atoms with Crippen LogP contribution in [-0.4, -0.2) is 21.2 Å². The zero-order valence-corrected chi connectivity index (χ0v) is 10.5. The summed E-state index contributed by atoms with van der Waals surface area (Å²) in [6.45, 7) is 0. The molecular weight excluding hydrogens is 248 g/mol. The van der Waals surface area contributed by atoms with Crippen LogP contribution in [0.1, 0.15) is 18.4 Å². The van der Waals surface area contributed by atoms with Crippen LogP contribution >= 0.6 is 11.8 Å². The number of hydrogen-bond acceptors (Lipinski definition) is 5. The van der Waals surface area contributed by atoms with Crippen molar-refractivity contribution < 1.29 is 0 Å². The summed E-state index contributed by atoms with van der Waals surface area (Å²) in [5.74, 6) is 0. The van der Waals surface area contributed by atoms with Gasteiger partial charge in [0.15, 0.2) is 0 Å². The van der Waals surface area contributed by atoms with Gasteiger partial charge in [0.25, 0.3) is 5.56 Å². The van der Waals surface area contributed by atoms with Crippen LogP contribution in [0.5, 0.6) is 0 Å². The van der Waals surface area contributed by atoms with Gasteiger partial charge < -0.3 is 4.98 Å².